The van der Waals surface area contributed by atoms with Gasteiger partial charge in [-0.1, -0.05) is 18.2 Å². The van der Waals surface area contributed by atoms with Gasteiger partial charge < -0.3 is 19.7 Å². The molecule has 6 nitrogen and oxygen atoms in total. The van der Waals surface area contributed by atoms with Gasteiger partial charge in [-0.15, -0.1) is 0 Å². The summed E-state index contributed by atoms with van der Waals surface area (Å²) in [7, 11) is 0. The molecule has 2 N–H and O–H groups in total. The lowest BCUT2D eigenvalue weighted by atomic mass is 10.00. The van der Waals surface area contributed by atoms with Crippen molar-refractivity contribution in [3.05, 3.63) is 93.6 Å². The summed E-state index contributed by atoms with van der Waals surface area (Å²) in [6.07, 6.45) is 2.43. The Balaban J connectivity index is 1.55. The van der Waals surface area contributed by atoms with Gasteiger partial charge in [-0.25, -0.2) is 4.79 Å². The van der Waals surface area contributed by atoms with Crippen molar-refractivity contribution in [3.63, 3.8) is 0 Å². The number of carboxylic acid groups (broad SMARTS) is 1. The van der Waals surface area contributed by atoms with Crippen LogP contribution >= 0.6 is 0 Å². The maximum Gasteiger partial charge on any atom is 0.337 e. The maximum atomic E-state index is 13.1. The van der Waals surface area contributed by atoms with Crippen molar-refractivity contribution < 1.29 is 14.3 Å². The summed E-state index contributed by atoms with van der Waals surface area (Å²) in [6.45, 7) is 6.02. The number of benzene rings is 3. The molecular formula is C29H28N2O4. The predicted octanol–water partition coefficient (Wildman–Crippen LogP) is 6.24. The molecule has 5 rings (SSSR count). The molecule has 6 heteroatoms. The monoisotopic (exact) mass is 468 g/mol. The number of fused-ring (bicyclic) bond motifs is 1. The van der Waals surface area contributed by atoms with Gasteiger partial charge in [0.25, 0.3) is 0 Å². The summed E-state index contributed by atoms with van der Waals surface area (Å²) in [5.74, 6) is -0.487. The molecule has 1 aromatic heterocycles. The molecule has 1 unspecified atom stereocenters. The van der Waals surface area contributed by atoms with E-state index in [0.29, 0.717) is 22.4 Å². The topological polar surface area (TPSA) is 82.8 Å². The lowest BCUT2D eigenvalue weighted by molar-refractivity contribution is 0.0698. The van der Waals surface area contributed by atoms with Crippen molar-refractivity contribution in [2.45, 2.75) is 32.7 Å². The molecule has 0 aliphatic carbocycles. The van der Waals surface area contributed by atoms with Gasteiger partial charge in [-0.3, -0.25) is 4.79 Å². The second kappa shape index (κ2) is 9.29. The fourth-order valence-electron chi connectivity index (χ4n) is 4.82. The van der Waals surface area contributed by atoms with Crippen LogP contribution in [0, 0.1) is 6.92 Å². The Morgan fingerprint density at radius 3 is 2.46 bits per heavy atom. The highest BCUT2D eigenvalue weighted by Crippen LogP contribution is 2.32. The number of nitrogens with one attached hydrogen (secondary N) is 1. The second-order valence-corrected chi connectivity index (χ2v) is 9.16. The van der Waals surface area contributed by atoms with E-state index in [-0.39, 0.29) is 17.0 Å². The lowest BCUT2D eigenvalue weighted by Crippen LogP contribution is -2.17. The third-order valence-corrected chi connectivity index (χ3v) is 6.62. The number of nitrogens with zero attached hydrogens (tertiary/aromatic N) is 1. The molecule has 3 aromatic carbocycles. The van der Waals surface area contributed by atoms with Gasteiger partial charge in [0.05, 0.1) is 17.0 Å². The largest absolute Gasteiger partial charge is 0.478 e. The third kappa shape index (κ3) is 4.52. The van der Waals surface area contributed by atoms with Crippen molar-refractivity contribution >= 4 is 28.3 Å². The maximum absolute atomic E-state index is 13.1. The van der Waals surface area contributed by atoms with E-state index < -0.39 is 5.97 Å². The molecule has 0 bridgehead atoms. The fourth-order valence-corrected chi connectivity index (χ4v) is 4.82. The van der Waals surface area contributed by atoms with Gasteiger partial charge in [-0.05, 0) is 74.7 Å². The zero-order valence-electron chi connectivity index (χ0n) is 19.9. The summed E-state index contributed by atoms with van der Waals surface area (Å²) in [5, 5.41) is 13.4. The minimum Gasteiger partial charge on any atom is -0.478 e. The van der Waals surface area contributed by atoms with E-state index in [4.69, 9.17) is 4.42 Å². The Bertz CT molecular complexity index is 1450. The Hall–Kier alpha value is -4.06. The number of rotatable bonds is 6. The molecule has 178 valence electrons. The first-order valence-electron chi connectivity index (χ1n) is 11.9. The summed E-state index contributed by atoms with van der Waals surface area (Å²) in [6, 6.07) is 20.0. The number of para-hydroxylation sites is 1. The van der Waals surface area contributed by atoms with Crippen LogP contribution in [0.3, 0.4) is 0 Å². The van der Waals surface area contributed by atoms with Gasteiger partial charge in [0, 0.05) is 41.7 Å². The van der Waals surface area contributed by atoms with Gasteiger partial charge >= 0.3 is 5.97 Å². The Morgan fingerprint density at radius 2 is 1.74 bits per heavy atom. The van der Waals surface area contributed by atoms with Crippen LogP contribution in [0.1, 0.15) is 47.3 Å². The smallest absolute Gasteiger partial charge is 0.337 e. The van der Waals surface area contributed by atoms with E-state index >= 15 is 0 Å². The van der Waals surface area contributed by atoms with Gasteiger partial charge in [-0.2, -0.15) is 0 Å². The van der Waals surface area contributed by atoms with Crippen molar-refractivity contribution in [2.24, 2.45) is 0 Å². The van der Waals surface area contributed by atoms with E-state index in [9.17, 15) is 14.7 Å². The Kier molecular flexibility index (Phi) is 6.03. The summed E-state index contributed by atoms with van der Waals surface area (Å²) in [4.78, 5) is 27.1. The molecule has 1 fully saturated rings. The molecule has 0 radical (unpaired) electrons. The van der Waals surface area contributed by atoms with Crippen LogP contribution in [-0.2, 0) is 0 Å². The molecule has 0 amide bonds. The van der Waals surface area contributed by atoms with Crippen molar-refractivity contribution in [1.82, 2.24) is 0 Å². The molecule has 1 atom stereocenters. The highest BCUT2D eigenvalue weighted by atomic mass is 16.4. The van der Waals surface area contributed by atoms with E-state index in [1.807, 2.05) is 38.1 Å². The van der Waals surface area contributed by atoms with E-state index in [2.05, 4.69) is 22.3 Å². The number of carboxylic acids is 1. The molecular weight excluding hydrogens is 440 g/mol. The van der Waals surface area contributed by atoms with Gasteiger partial charge in [0.15, 0.2) is 5.43 Å². The zero-order chi connectivity index (χ0) is 24.5. The van der Waals surface area contributed by atoms with Crippen LogP contribution in [0.2, 0.25) is 0 Å². The predicted molar refractivity (Wildman–Crippen MR) is 140 cm³/mol. The summed E-state index contributed by atoms with van der Waals surface area (Å²) < 4.78 is 6.35. The summed E-state index contributed by atoms with van der Waals surface area (Å²) in [5.41, 5.74) is 4.86. The molecule has 2 heterocycles. The number of anilines is 2. The van der Waals surface area contributed by atoms with Crippen molar-refractivity contribution in [2.75, 3.05) is 23.3 Å². The number of carbonyl (C=O) groups is 1. The van der Waals surface area contributed by atoms with Crippen LogP contribution in [0.4, 0.5) is 11.4 Å². The Labute approximate surface area is 203 Å². The summed E-state index contributed by atoms with van der Waals surface area (Å²) >= 11 is 0. The minimum absolute atomic E-state index is 0.104. The number of hydrogen-bond acceptors (Lipinski definition) is 5. The fraction of sp³-hybridized carbons (Fsp3) is 0.241. The highest BCUT2D eigenvalue weighted by Gasteiger charge is 2.19. The standard InChI is InChI=1S/C29H28N2O4/c1-18-15-23(19(2)30-25-8-4-3-7-22(25)29(33)34)28-24(16-18)26(32)17-27(35-28)20-9-11-21(12-10-20)31-13-5-6-14-31/h3-4,7-12,15-17,19,30H,5-6,13-14H2,1-2H3,(H,33,34). The zero-order valence-corrected chi connectivity index (χ0v) is 19.9. The molecule has 1 aliphatic heterocycles. The number of hydrogen-bond donors (Lipinski definition) is 2. The average molecular weight is 469 g/mol. The van der Waals surface area contributed by atoms with Crippen LogP contribution in [-0.4, -0.2) is 24.2 Å². The van der Waals surface area contributed by atoms with Gasteiger partial charge in [0.1, 0.15) is 11.3 Å². The molecule has 1 saturated heterocycles. The molecule has 4 aromatic rings. The van der Waals surface area contributed by atoms with Crippen LogP contribution < -0.4 is 15.6 Å². The van der Waals surface area contributed by atoms with E-state index in [0.717, 1.165) is 29.8 Å². The third-order valence-electron chi connectivity index (χ3n) is 6.62. The SMILES string of the molecule is Cc1cc(C(C)Nc2ccccc2C(=O)O)c2oc(-c3ccc(N4CCCC4)cc3)cc(=O)c2c1. The minimum atomic E-state index is -0.999. The quantitative estimate of drug-likeness (QED) is 0.349. The molecule has 35 heavy (non-hydrogen) atoms. The Morgan fingerprint density at radius 1 is 1.03 bits per heavy atom. The molecule has 0 saturated carbocycles. The average Bonchev–Trinajstić information content (AvgIpc) is 3.39. The molecule has 1 aliphatic rings. The molecule has 0 spiro atoms. The van der Waals surface area contributed by atoms with Crippen LogP contribution in [0.15, 0.2) is 75.9 Å². The lowest BCUT2D eigenvalue weighted by Gasteiger charge is -2.19. The van der Waals surface area contributed by atoms with Crippen molar-refractivity contribution in [1.29, 1.82) is 0 Å². The second-order valence-electron chi connectivity index (χ2n) is 9.16. The van der Waals surface area contributed by atoms with E-state index in [1.165, 1.54) is 18.5 Å². The van der Waals surface area contributed by atoms with Crippen LogP contribution in [0.25, 0.3) is 22.3 Å². The van der Waals surface area contributed by atoms with Crippen molar-refractivity contribution in [3.8, 4) is 11.3 Å². The normalized spacial score (nSPS) is 14.3. The van der Waals surface area contributed by atoms with E-state index in [1.54, 1.807) is 30.3 Å². The first-order valence-corrected chi connectivity index (χ1v) is 11.9. The first-order chi connectivity index (χ1) is 16.9. The first kappa shape index (κ1) is 22.7. The number of aromatic carboxylic acids is 1. The number of aryl methyl sites for hydroxylation is 1. The van der Waals surface area contributed by atoms with Crippen LogP contribution in [0.5, 0.6) is 0 Å². The van der Waals surface area contributed by atoms with Gasteiger partial charge in [0.2, 0.25) is 0 Å². The highest BCUT2D eigenvalue weighted by molar-refractivity contribution is 5.94.